The van der Waals surface area contributed by atoms with Crippen LogP contribution in [-0.4, -0.2) is 55.7 Å². The van der Waals surface area contributed by atoms with Crippen molar-refractivity contribution in [3.05, 3.63) is 23.8 Å². The maximum absolute atomic E-state index is 12.9. The fourth-order valence-corrected chi connectivity index (χ4v) is 3.47. The van der Waals surface area contributed by atoms with E-state index in [-0.39, 0.29) is 35.4 Å². The van der Waals surface area contributed by atoms with Gasteiger partial charge >= 0.3 is 6.03 Å². The van der Waals surface area contributed by atoms with Gasteiger partial charge in [0.05, 0.1) is 20.1 Å². The second-order valence-electron chi connectivity index (χ2n) is 8.57. The van der Waals surface area contributed by atoms with E-state index in [1.807, 2.05) is 52.8 Å². The monoisotopic (exact) mass is 391 g/mol. The summed E-state index contributed by atoms with van der Waals surface area (Å²) in [6.45, 7) is 10.5. The van der Waals surface area contributed by atoms with Crippen molar-refractivity contribution in [3.63, 3.8) is 0 Å². The highest BCUT2D eigenvalue weighted by Crippen LogP contribution is 2.39. The molecule has 3 amide bonds. The zero-order valence-electron chi connectivity index (χ0n) is 18.0. The van der Waals surface area contributed by atoms with E-state index in [0.29, 0.717) is 24.6 Å². The van der Waals surface area contributed by atoms with E-state index in [1.54, 1.807) is 19.1 Å². The average Bonchev–Trinajstić information content (AvgIpc) is 3.04. The number of hydrogen-bond donors (Lipinski definition) is 2. The predicted octanol–water partition coefficient (Wildman–Crippen LogP) is 2.75. The first-order valence-corrected chi connectivity index (χ1v) is 9.65. The minimum Gasteiger partial charge on any atom is -0.497 e. The van der Waals surface area contributed by atoms with Crippen LogP contribution in [0.2, 0.25) is 0 Å². The highest BCUT2D eigenvalue weighted by Gasteiger charge is 2.42. The number of benzene rings is 1. The quantitative estimate of drug-likeness (QED) is 0.809. The van der Waals surface area contributed by atoms with Crippen molar-refractivity contribution in [2.24, 2.45) is 5.92 Å². The summed E-state index contributed by atoms with van der Waals surface area (Å²) in [5, 5.41) is 5.97. The lowest BCUT2D eigenvalue weighted by molar-refractivity contribution is -0.125. The third kappa shape index (κ3) is 5.30. The van der Waals surface area contributed by atoms with Gasteiger partial charge in [0.25, 0.3) is 0 Å². The van der Waals surface area contributed by atoms with Gasteiger partial charge in [0.15, 0.2) is 0 Å². The molecule has 7 heteroatoms. The molecular formula is C21H33N3O4. The van der Waals surface area contributed by atoms with Gasteiger partial charge in [-0.05, 0) is 52.8 Å². The van der Waals surface area contributed by atoms with E-state index < -0.39 is 0 Å². The van der Waals surface area contributed by atoms with E-state index in [2.05, 4.69) is 10.6 Å². The number of amides is 3. The molecule has 0 saturated carbocycles. The SMILES string of the molecule is COc1ccc(OC)c(C2CN(C(=O)NC(C)(C)C)CC2C(=O)NC(C)C)c1. The Morgan fingerprint density at radius 2 is 1.82 bits per heavy atom. The van der Waals surface area contributed by atoms with Crippen molar-refractivity contribution in [1.82, 2.24) is 15.5 Å². The van der Waals surface area contributed by atoms with Gasteiger partial charge in [0.2, 0.25) is 5.91 Å². The minimum absolute atomic E-state index is 0.0257. The Hall–Kier alpha value is -2.44. The maximum atomic E-state index is 12.9. The number of likely N-dealkylation sites (tertiary alicyclic amines) is 1. The van der Waals surface area contributed by atoms with Gasteiger partial charge in [-0.25, -0.2) is 4.79 Å². The fraction of sp³-hybridized carbons (Fsp3) is 0.619. The molecular weight excluding hydrogens is 358 g/mol. The molecule has 2 rings (SSSR count). The molecule has 1 fully saturated rings. The molecule has 2 atom stereocenters. The molecule has 7 nitrogen and oxygen atoms in total. The minimum atomic E-state index is -0.367. The summed E-state index contributed by atoms with van der Waals surface area (Å²) >= 11 is 0. The number of ether oxygens (including phenoxy) is 2. The summed E-state index contributed by atoms with van der Waals surface area (Å²) in [7, 11) is 3.21. The van der Waals surface area contributed by atoms with E-state index >= 15 is 0 Å². The lowest BCUT2D eigenvalue weighted by atomic mass is 9.87. The smallest absolute Gasteiger partial charge is 0.317 e. The van der Waals surface area contributed by atoms with E-state index in [1.165, 1.54) is 0 Å². The molecule has 0 radical (unpaired) electrons. The van der Waals surface area contributed by atoms with Crippen molar-refractivity contribution in [2.75, 3.05) is 27.3 Å². The van der Waals surface area contributed by atoms with Crippen LogP contribution in [0.4, 0.5) is 4.79 Å². The Bertz CT molecular complexity index is 712. The van der Waals surface area contributed by atoms with Crippen molar-refractivity contribution in [2.45, 2.75) is 52.1 Å². The molecule has 0 spiro atoms. The van der Waals surface area contributed by atoms with Gasteiger partial charge in [-0.1, -0.05) is 0 Å². The number of nitrogens with zero attached hydrogens (tertiary/aromatic N) is 1. The summed E-state index contributed by atoms with van der Waals surface area (Å²) in [5.74, 6) is 0.766. The van der Waals surface area contributed by atoms with E-state index in [4.69, 9.17) is 9.47 Å². The number of nitrogens with one attached hydrogen (secondary N) is 2. The van der Waals surface area contributed by atoms with Gasteiger partial charge < -0.3 is 25.0 Å². The van der Waals surface area contributed by atoms with Crippen molar-refractivity contribution >= 4 is 11.9 Å². The van der Waals surface area contributed by atoms with E-state index in [9.17, 15) is 9.59 Å². The summed E-state index contributed by atoms with van der Waals surface area (Å²) in [6.07, 6.45) is 0. The highest BCUT2D eigenvalue weighted by molar-refractivity contribution is 5.83. The molecule has 0 aromatic heterocycles. The van der Waals surface area contributed by atoms with Crippen molar-refractivity contribution in [1.29, 1.82) is 0 Å². The van der Waals surface area contributed by atoms with Gasteiger partial charge in [-0.15, -0.1) is 0 Å². The summed E-state index contributed by atoms with van der Waals surface area (Å²) in [4.78, 5) is 27.3. The Morgan fingerprint density at radius 1 is 1.14 bits per heavy atom. The molecule has 1 aliphatic rings. The largest absolute Gasteiger partial charge is 0.497 e. The second-order valence-corrected chi connectivity index (χ2v) is 8.57. The van der Waals surface area contributed by atoms with Crippen LogP contribution in [0.1, 0.15) is 46.1 Å². The number of carbonyl (C=O) groups excluding carboxylic acids is 2. The van der Waals surface area contributed by atoms with Crippen LogP contribution in [-0.2, 0) is 4.79 Å². The number of hydrogen-bond acceptors (Lipinski definition) is 4. The van der Waals surface area contributed by atoms with Crippen LogP contribution in [0.15, 0.2) is 18.2 Å². The topological polar surface area (TPSA) is 79.9 Å². The van der Waals surface area contributed by atoms with Crippen LogP contribution in [0, 0.1) is 5.92 Å². The van der Waals surface area contributed by atoms with Crippen molar-refractivity contribution < 1.29 is 19.1 Å². The summed E-state index contributed by atoms with van der Waals surface area (Å²) < 4.78 is 10.9. The molecule has 2 N–H and O–H groups in total. The zero-order valence-corrected chi connectivity index (χ0v) is 18.0. The normalized spacial score (nSPS) is 19.5. The lowest BCUT2D eigenvalue weighted by Gasteiger charge is -2.25. The van der Waals surface area contributed by atoms with Crippen LogP contribution in [0.25, 0.3) is 0 Å². The number of rotatable bonds is 5. The van der Waals surface area contributed by atoms with Gasteiger partial charge in [-0.2, -0.15) is 0 Å². The second kappa shape index (κ2) is 8.71. The van der Waals surface area contributed by atoms with Crippen LogP contribution < -0.4 is 20.1 Å². The Labute approximate surface area is 167 Å². The standard InChI is InChI=1S/C21H33N3O4/c1-13(2)22-19(25)17-12-24(20(26)23-21(3,4)5)11-16(17)15-10-14(27-6)8-9-18(15)28-7/h8-10,13,16-17H,11-12H2,1-7H3,(H,22,25)(H,23,26). The molecule has 1 aromatic rings. The summed E-state index contributed by atoms with van der Waals surface area (Å²) in [6, 6.07) is 5.41. The molecule has 0 bridgehead atoms. The molecule has 2 unspecified atom stereocenters. The first-order chi connectivity index (χ1) is 13.1. The fourth-order valence-electron chi connectivity index (χ4n) is 3.47. The zero-order chi connectivity index (χ0) is 21.1. The number of carbonyl (C=O) groups is 2. The Balaban J connectivity index is 2.38. The average molecular weight is 392 g/mol. The molecule has 0 aliphatic carbocycles. The molecule has 1 heterocycles. The highest BCUT2D eigenvalue weighted by atomic mass is 16.5. The Morgan fingerprint density at radius 3 is 2.36 bits per heavy atom. The van der Waals surface area contributed by atoms with Crippen LogP contribution >= 0.6 is 0 Å². The van der Waals surface area contributed by atoms with Crippen LogP contribution in [0.3, 0.4) is 0 Å². The van der Waals surface area contributed by atoms with Crippen LogP contribution in [0.5, 0.6) is 11.5 Å². The lowest BCUT2D eigenvalue weighted by Crippen LogP contribution is -2.48. The number of urea groups is 1. The van der Waals surface area contributed by atoms with Crippen molar-refractivity contribution in [3.8, 4) is 11.5 Å². The van der Waals surface area contributed by atoms with E-state index in [0.717, 1.165) is 5.56 Å². The predicted molar refractivity (Wildman–Crippen MR) is 109 cm³/mol. The van der Waals surface area contributed by atoms with Gasteiger partial charge in [0, 0.05) is 36.2 Å². The summed E-state index contributed by atoms with van der Waals surface area (Å²) in [5.41, 5.74) is 0.523. The number of methoxy groups -OCH3 is 2. The molecule has 1 aromatic carbocycles. The maximum Gasteiger partial charge on any atom is 0.317 e. The third-order valence-corrected chi connectivity index (χ3v) is 4.69. The molecule has 156 valence electrons. The third-order valence-electron chi connectivity index (χ3n) is 4.69. The molecule has 28 heavy (non-hydrogen) atoms. The first kappa shape index (κ1) is 21.9. The van der Waals surface area contributed by atoms with Gasteiger partial charge in [-0.3, -0.25) is 4.79 Å². The molecule has 1 aliphatic heterocycles. The van der Waals surface area contributed by atoms with Gasteiger partial charge in [0.1, 0.15) is 11.5 Å². The Kier molecular flexibility index (Phi) is 6.80. The first-order valence-electron chi connectivity index (χ1n) is 9.65. The molecule has 1 saturated heterocycles.